The lowest BCUT2D eigenvalue weighted by atomic mass is 10.2. The number of aromatic carboxylic acids is 1. The Balaban J connectivity index is 2.50. The van der Waals surface area contributed by atoms with Gasteiger partial charge in [-0.25, -0.2) is 14.2 Å². The normalized spacial score (nSPS) is 10.7. The highest BCUT2D eigenvalue weighted by Gasteiger charge is 2.18. The van der Waals surface area contributed by atoms with Crippen LogP contribution in [0, 0.1) is 5.82 Å². The lowest BCUT2D eigenvalue weighted by Crippen LogP contribution is -1.98. The van der Waals surface area contributed by atoms with Crippen molar-refractivity contribution in [1.82, 2.24) is 4.98 Å². The van der Waals surface area contributed by atoms with Crippen LogP contribution in [0.4, 0.5) is 4.39 Å². The Morgan fingerprint density at radius 2 is 2.26 bits per heavy atom. The van der Waals surface area contributed by atoms with Crippen molar-refractivity contribution in [2.45, 2.75) is 19.8 Å². The number of carbonyl (C=O) groups is 1. The highest BCUT2D eigenvalue weighted by Crippen LogP contribution is 2.34. The molecule has 0 saturated heterocycles. The zero-order valence-corrected chi connectivity index (χ0v) is 12.5. The number of carboxylic acid groups (broad SMARTS) is 1. The molecule has 0 bridgehead atoms. The van der Waals surface area contributed by atoms with E-state index in [9.17, 15) is 9.18 Å². The van der Waals surface area contributed by atoms with Crippen molar-refractivity contribution in [1.29, 1.82) is 0 Å². The molecule has 0 aliphatic rings. The van der Waals surface area contributed by atoms with Gasteiger partial charge in [-0.05, 0) is 40.5 Å². The van der Waals surface area contributed by atoms with Gasteiger partial charge >= 0.3 is 5.97 Å². The van der Waals surface area contributed by atoms with Gasteiger partial charge < -0.3 is 5.11 Å². The molecule has 2 aromatic rings. The summed E-state index contributed by atoms with van der Waals surface area (Å²) in [6.45, 7) is 1.97. The fourth-order valence-corrected chi connectivity index (χ4v) is 3.36. The molecule has 19 heavy (non-hydrogen) atoms. The predicted molar refractivity (Wildman–Crippen MR) is 76.2 cm³/mol. The van der Waals surface area contributed by atoms with Crippen LogP contribution in [-0.2, 0) is 6.42 Å². The molecule has 0 atom stereocenters. The van der Waals surface area contributed by atoms with Crippen molar-refractivity contribution >= 4 is 33.2 Å². The number of benzene rings is 1. The molecule has 0 aliphatic heterocycles. The van der Waals surface area contributed by atoms with E-state index >= 15 is 0 Å². The molecule has 6 heteroatoms. The van der Waals surface area contributed by atoms with Gasteiger partial charge in [0.15, 0.2) is 0 Å². The summed E-state index contributed by atoms with van der Waals surface area (Å²) >= 11 is 4.39. The smallest absolute Gasteiger partial charge is 0.347 e. The Bertz CT molecular complexity index is 627. The average Bonchev–Trinajstić information content (AvgIpc) is 2.73. The van der Waals surface area contributed by atoms with Gasteiger partial charge in [-0.2, -0.15) is 0 Å². The van der Waals surface area contributed by atoms with Crippen LogP contribution in [0.2, 0.25) is 0 Å². The summed E-state index contributed by atoms with van der Waals surface area (Å²) in [5.74, 6) is -1.31. The van der Waals surface area contributed by atoms with E-state index in [4.69, 9.17) is 5.11 Å². The van der Waals surface area contributed by atoms with Gasteiger partial charge in [0.25, 0.3) is 0 Å². The topological polar surface area (TPSA) is 50.2 Å². The van der Waals surface area contributed by atoms with Crippen molar-refractivity contribution in [2.24, 2.45) is 0 Å². The van der Waals surface area contributed by atoms with Gasteiger partial charge in [-0.1, -0.05) is 13.3 Å². The molecule has 2 rings (SSSR count). The molecule has 1 N–H and O–H groups in total. The molecule has 0 spiro atoms. The van der Waals surface area contributed by atoms with Crippen molar-refractivity contribution in [3.8, 4) is 10.6 Å². The summed E-state index contributed by atoms with van der Waals surface area (Å²) in [5, 5.41) is 9.76. The Hall–Kier alpha value is -1.27. The summed E-state index contributed by atoms with van der Waals surface area (Å²) in [6, 6.07) is 4.28. The SMILES string of the molecule is CCCc1nc(-c2ccc(F)cc2Br)sc1C(=O)O. The van der Waals surface area contributed by atoms with Crippen LogP contribution in [0.1, 0.15) is 28.7 Å². The first-order valence-corrected chi connectivity index (χ1v) is 7.32. The number of carboxylic acids is 1. The highest BCUT2D eigenvalue weighted by molar-refractivity contribution is 9.10. The van der Waals surface area contributed by atoms with Gasteiger partial charge in [0.05, 0.1) is 5.69 Å². The molecular formula is C13H11BrFNO2S. The summed E-state index contributed by atoms with van der Waals surface area (Å²) < 4.78 is 13.6. The number of nitrogens with zero attached hydrogens (tertiary/aromatic N) is 1. The molecule has 1 aromatic heterocycles. The van der Waals surface area contributed by atoms with E-state index in [1.54, 1.807) is 6.07 Å². The Morgan fingerprint density at radius 1 is 1.53 bits per heavy atom. The Morgan fingerprint density at radius 3 is 2.84 bits per heavy atom. The standard InChI is InChI=1S/C13H11BrFNO2S/c1-2-3-10-11(13(17)18)19-12(16-10)8-5-4-7(15)6-9(8)14/h4-6H,2-3H2,1H3,(H,17,18). The number of rotatable bonds is 4. The van der Waals surface area contributed by atoms with E-state index in [1.807, 2.05) is 6.92 Å². The first kappa shape index (κ1) is 14.1. The summed E-state index contributed by atoms with van der Waals surface area (Å²) in [4.78, 5) is 15.8. The first-order chi connectivity index (χ1) is 9.02. The molecule has 1 aromatic carbocycles. The molecular weight excluding hydrogens is 333 g/mol. The number of aromatic nitrogens is 1. The minimum atomic E-state index is -0.967. The monoisotopic (exact) mass is 343 g/mol. The molecule has 0 radical (unpaired) electrons. The molecule has 100 valence electrons. The molecule has 1 heterocycles. The predicted octanol–water partition coefficient (Wildman–Crippen LogP) is 4.36. The lowest BCUT2D eigenvalue weighted by molar-refractivity contribution is 0.0700. The van der Waals surface area contributed by atoms with Gasteiger partial charge in [0.1, 0.15) is 15.7 Å². The highest BCUT2D eigenvalue weighted by atomic mass is 79.9. The first-order valence-electron chi connectivity index (χ1n) is 5.71. The third-order valence-corrected chi connectivity index (χ3v) is 4.31. The summed E-state index contributed by atoms with van der Waals surface area (Å²) in [6.07, 6.45) is 1.45. The van der Waals surface area contributed by atoms with Crippen LogP contribution in [-0.4, -0.2) is 16.1 Å². The minimum Gasteiger partial charge on any atom is -0.477 e. The number of hydrogen-bond acceptors (Lipinski definition) is 3. The average molecular weight is 344 g/mol. The van der Waals surface area contributed by atoms with Crippen molar-refractivity contribution < 1.29 is 14.3 Å². The van der Waals surface area contributed by atoms with Gasteiger partial charge in [0, 0.05) is 10.0 Å². The third-order valence-electron chi connectivity index (χ3n) is 2.54. The fourth-order valence-electron chi connectivity index (χ4n) is 1.70. The minimum absolute atomic E-state index is 0.257. The van der Waals surface area contributed by atoms with Crippen molar-refractivity contribution in [3.05, 3.63) is 39.1 Å². The number of halogens is 2. The summed E-state index contributed by atoms with van der Waals surface area (Å²) in [5.41, 5.74) is 1.29. The van der Waals surface area contributed by atoms with E-state index in [0.717, 1.165) is 17.8 Å². The van der Waals surface area contributed by atoms with Gasteiger partial charge in [-0.3, -0.25) is 0 Å². The number of thiazole rings is 1. The second kappa shape index (κ2) is 5.79. The molecule has 3 nitrogen and oxygen atoms in total. The van der Waals surface area contributed by atoms with E-state index in [0.29, 0.717) is 27.2 Å². The van der Waals surface area contributed by atoms with Crippen LogP contribution >= 0.6 is 27.3 Å². The van der Waals surface area contributed by atoms with Crippen LogP contribution in [0.25, 0.3) is 10.6 Å². The maximum atomic E-state index is 13.1. The second-order valence-electron chi connectivity index (χ2n) is 3.97. The van der Waals surface area contributed by atoms with E-state index in [1.165, 1.54) is 12.1 Å². The van der Waals surface area contributed by atoms with E-state index in [2.05, 4.69) is 20.9 Å². The van der Waals surface area contributed by atoms with E-state index < -0.39 is 5.97 Å². The lowest BCUT2D eigenvalue weighted by Gasteiger charge is -1.99. The Labute approximate surface area is 122 Å². The zero-order valence-electron chi connectivity index (χ0n) is 10.1. The molecule has 0 saturated carbocycles. The van der Waals surface area contributed by atoms with Crippen LogP contribution < -0.4 is 0 Å². The molecule has 0 amide bonds. The van der Waals surface area contributed by atoms with Crippen LogP contribution in [0.5, 0.6) is 0 Å². The van der Waals surface area contributed by atoms with Crippen LogP contribution in [0.15, 0.2) is 22.7 Å². The Kier molecular flexibility index (Phi) is 4.31. The zero-order chi connectivity index (χ0) is 14.0. The van der Waals surface area contributed by atoms with Crippen molar-refractivity contribution in [3.63, 3.8) is 0 Å². The quantitative estimate of drug-likeness (QED) is 0.896. The number of aryl methyl sites for hydroxylation is 1. The molecule has 0 fully saturated rings. The summed E-state index contributed by atoms with van der Waals surface area (Å²) in [7, 11) is 0. The van der Waals surface area contributed by atoms with Gasteiger partial charge in [-0.15, -0.1) is 11.3 Å². The fraction of sp³-hybridized carbons (Fsp3) is 0.231. The maximum absolute atomic E-state index is 13.1. The number of hydrogen-bond donors (Lipinski definition) is 1. The van der Waals surface area contributed by atoms with Crippen LogP contribution in [0.3, 0.4) is 0 Å². The molecule has 0 unspecified atom stereocenters. The maximum Gasteiger partial charge on any atom is 0.347 e. The molecule has 0 aliphatic carbocycles. The largest absolute Gasteiger partial charge is 0.477 e. The third kappa shape index (κ3) is 3.01. The second-order valence-corrected chi connectivity index (χ2v) is 5.83. The van der Waals surface area contributed by atoms with Gasteiger partial charge in [0.2, 0.25) is 0 Å². The van der Waals surface area contributed by atoms with Crippen molar-refractivity contribution in [2.75, 3.05) is 0 Å². The van der Waals surface area contributed by atoms with E-state index in [-0.39, 0.29) is 10.7 Å².